The highest BCUT2D eigenvalue weighted by Gasteiger charge is 2.02. The van der Waals surface area contributed by atoms with Crippen molar-refractivity contribution in [3.05, 3.63) is 18.7 Å². The first-order valence-corrected chi connectivity index (χ1v) is 5.47. The highest BCUT2D eigenvalue weighted by Crippen LogP contribution is 1.94. The fraction of sp³-hybridized carbons (Fsp3) is 0.636. The molecule has 0 unspecified atom stereocenters. The second-order valence-electron chi connectivity index (χ2n) is 3.72. The summed E-state index contributed by atoms with van der Waals surface area (Å²) in [6.45, 7) is 3.94. The van der Waals surface area contributed by atoms with Crippen molar-refractivity contribution >= 4 is 5.97 Å². The molecule has 0 bridgehead atoms. The number of aryl methyl sites for hydroxylation is 2. The molecule has 1 rings (SSSR count). The van der Waals surface area contributed by atoms with Crippen LogP contribution in [0.25, 0.3) is 0 Å². The number of carbonyl (C=O) groups is 1. The second-order valence-corrected chi connectivity index (χ2v) is 3.72. The van der Waals surface area contributed by atoms with Crippen LogP contribution in [0.5, 0.6) is 0 Å². The summed E-state index contributed by atoms with van der Waals surface area (Å²) >= 11 is 0. The topological polar surface area (TPSA) is 48.9 Å². The first-order valence-electron chi connectivity index (χ1n) is 5.47. The molecule has 0 aromatic carbocycles. The molecule has 1 aromatic heterocycles. The van der Waals surface area contributed by atoms with Crippen LogP contribution in [0.2, 0.25) is 0 Å². The Kier molecular flexibility index (Phi) is 4.87. The molecule has 15 heavy (non-hydrogen) atoms. The maximum Gasteiger partial charge on any atom is 0.243 e. The van der Waals surface area contributed by atoms with Crippen molar-refractivity contribution in [1.82, 2.24) is 4.57 Å². The van der Waals surface area contributed by atoms with E-state index >= 15 is 0 Å². The number of nitrogens with zero attached hydrogens (tertiary/aromatic N) is 2. The highest BCUT2D eigenvalue weighted by molar-refractivity contribution is 5.63. The third kappa shape index (κ3) is 4.63. The minimum Gasteiger partial charge on any atom is -0.550 e. The summed E-state index contributed by atoms with van der Waals surface area (Å²) in [5, 5.41) is 10.2. The minimum absolute atomic E-state index is 0.132. The van der Waals surface area contributed by atoms with Gasteiger partial charge in [-0.05, 0) is 19.3 Å². The Morgan fingerprint density at radius 2 is 2.27 bits per heavy atom. The molecule has 0 fully saturated rings. The lowest BCUT2D eigenvalue weighted by molar-refractivity contribution is -0.696. The lowest BCUT2D eigenvalue weighted by Gasteiger charge is -1.98. The standard InChI is InChI=1S/C11H18N2O2/c1-2-3-6-12-8-9-13(10-12)7-4-5-11(14)15/h8-10H,2-7H2,1H3. The van der Waals surface area contributed by atoms with Gasteiger partial charge in [0.15, 0.2) is 0 Å². The maximum atomic E-state index is 10.2. The lowest BCUT2D eigenvalue weighted by Crippen LogP contribution is -2.32. The number of carboxylic acid groups (broad SMARTS) is 1. The van der Waals surface area contributed by atoms with Crippen LogP contribution < -0.4 is 9.67 Å². The summed E-state index contributed by atoms with van der Waals surface area (Å²) in [5.74, 6) is -0.971. The summed E-state index contributed by atoms with van der Waals surface area (Å²) < 4.78 is 4.14. The number of hydrogen-bond donors (Lipinski definition) is 0. The van der Waals surface area contributed by atoms with Gasteiger partial charge in [-0.3, -0.25) is 0 Å². The molecule has 0 spiro atoms. The monoisotopic (exact) mass is 210 g/mol. The van der Waals surface area contributed by atoms with Crippen molar-refractivity contribution in [2.24, 2.45) is 0 Å². The molecule has 0 radical (unpaired) electrons. The van der Waals surface area contributed by atoms with E-state index in [0.717, 1.165) is 13.1 Å². The van der Waals surface area contributed by atoms with Gasteiger partial charge in [-0.15, -0.1) is 0 Å². The number of imidazole rings is 1. The molecular weight excluding hydrogens is 192 g/mol. The molecule has 0 saturated carbocycles. The van der Waals surface area contributed by atoms with E-state index in [-0.39, 0.29) is 6.42 Å². The molecule has 0 aliphatic carbocycles. The summed E-state index contributed by atoms with van der Waals surface area (Å²) in [4.78, 5) is 10.2. The normalized spacial score (nSPS) is 10.5. The van der Waals surface area contributed by atoms with Crippen LogP contribution in [0.15, 0.2) is 18.7 Å². The molecule has 0 saturated heterocycles. The van der Waals surface area contributed by atoms with Crippen LogP contribution >= 0.6 is 0 Å². The van der Waals surface area contributed by atoms with Crippen molar-refractivity contribution in [1.29, 1.82) is 0 Å². The Morgan fingerprint density at radius 1 is 1.47 bits per heavy atom. The van der Waals surface area contributed by atoms with Gasteiger partial charge in [-0.1, -0.05) is 13.3 Å². The van der Waals surface area contributed by atoms with Gasteiger partial charge in [0, 0.05) is 5.97 Å². The molecule has 1 heterocycles. The molecule has 0 aliphatic rings. The quantitative estimate of drug-likeness (QED) is 0.600. The van der Waals surface area contributed by atoms with Crippen LogP contribution in [0.1, 0.15) is 32.6 Å². The molecule has 0 N–H and O–H groups in total. The number of aromatic nitrogens is 2. The van der Waals surface area contributed by atoms with Crippen LogP contribution in [-0.2, 0) is 17.9 Å². The zero-order valence-corrected chi connectivity index (χ0v) is 9.19. The van der Waals surface area contributed by atoms with Gasteiger partial charge in [-0.25, -0.2) is 9.13 Å². The van der Waals surface area contributed by atoms with Crippen LogP contribution in [-0.4, -0.2) is 10.5 Å². The van der Waals surface area contributed by atoms with Gasteiger partial charge < -0.3 is 9.90 Å². The van der Waals surface area contributed by atoms with E-state index in [1.807, 2.05) is 23.3 Å². The van der Waals surface area contributed by atoms with Gasteiger partial charge in [-0.2, -0.15) is 0 Å². The summed E-state index contributed by atoms with van der Waals surface area (Å²) in [6, 6.07) is 0. The smallest absolute Gasteiger partial charge is 0.243 e. The Balaban J connectivity index is 2.29. The van der Waals surface area contributed by atoms with Gasteiger partial charge in [0.1, 0.15) is 12.4 Å². The Labute approximate surface area is 90.2 Å². The number of carbonyl (C=O) groups excluding carboxylic acids is 1. The molecule has 0 atom stereocenters. The third-order valence-corrected chi connectivity index (χ3v) is 2.31. The van der Waals surface area contributed by atoms with E-state index in [1.54, 1.807) is 0 Å². The highest BCUT2D eigenvalue weighted by atomic mass is 16.4. The second kappa shape index (κ2) is 6.22. The SMILES string of the molecule is CCCCn1cc[n+](CCCC(=O)[O-])c1. The molecule has 0 amide bonds. The van der Waals surface area contributed by atoms with Crippen molar-refractivity contribution in [3.8, 4) is 0 Å². The van der Waals surface area contributed by atoms with E-state index in [1.165, 1.54) is 12.8 Å². The van der Waals surface area contributed by atoms with Crippen LogP contribution in [0, 0.1) is 0 Å². The van der Waals surface area contributed by atoms with E-state index in [9.17, 15) is 9.90 Å². The number of hydrogen-bond acceptors (Lipinski definition) is 2. The zero-order chi connectivity index (χ0) is 11.1. The first-order chi connectivity index (χ1) is 7.22. The summed E-state index contributed by atoms with van der Waals surface area (Å²) in [5.41, 5.74) is 0. The number of unbranched alkanes of at least 4 members (excludes halogenated alkanes) is 1. The van der Waals surface area contributed by atoms with Gasteiger partial charge in [0.25, 0.3) is 0 Å². The van der Waals surface area contributed by atoms with Crippen molar-refractivity contribution in [2.75, 3.05) is 0 Å². The van der Waals surface area contributed by atoms with Crippen LogP contribution in [0.3, 0.4) is 0 Å². The first kappa shape index (κ1) is 11.8. The Morgan fingerprint density at radius 3 is 2.93 bits per heavy atom. The van der Waals surface area contributed by atoms with E-state index < -0.39 is 5.97 Å². The summed E-state index contributed by atoms with van der Waals surface area (Å²) in [6.07, 6.45) is 9.14. The van der Waals surface area contributed by atoms with Crippen molar-refractivity contribution < 1.29 is 14.5 Å². The van der Waals surface area contributed by atoms with Crippen molar-refractivity contribution in [3.63, 3.8) is 0 Å². The molecule has 4 nitrogen and oxygen atoms in total. The molecule has 4 heteroatoms. The van der Waals surface area contributed by atoms with Gasteiger partial charge in [0.2, 0.25) is 6.33 Å². The summed E-state index contributed by atoms with van der Waals surface area (Å²) in [7, 11) is 0. The number of aliphatic carboxylic acids is 1. The van der Waals surface area contributed by atoms with E-state index in [2.05, 4.69) is 11.5 Å². The van der Waals surface area contributed by atoms with Gasteiger partial charge >= 0.3 is 0 Å². The average molecular weight is 210 g/mol. The molecule has 0 aliphatic heterocycles. The number of rotatable bonds is 7. The van der Waals surface area contributed by atoms with E-state index in [0.29, 0.717) is 6.42 Å². The molecular formula is C11H18N2O2. The largest absolute Gasteiger partial charge is 0.550 e. The Hall–Kier alpha value is -1.32. The average Bonchev–Trinajstić information content (AvgIpc) is 2.62. The van der Waals surface area contributed by atoms with Crippen molar-refractivity contribution in [2.45, 2.75) is 45.7 Å². The van der Waals surface area contributed by atoms with Gasteiger partial charge in [0.05, 0.1) is 13.1 Å². The van der Waals surface area contributed by atoms with E-state index in [4.69, 9.17) is 0 Å². The minimum atomic E-state index is -0.971. The predicted octanol–water partition coefficient (Wildman–Crippen LogP) is 0.106. The maximum absolute atomic E-state index is 10.2. The fourth-order valence-electron chi connectivity index (χ4n) is 1.45. The molecule has 1 aromatic rings. The lowest BCUT2D eigenvalue weighted by atomic mass is 10.3. The predicted molar refractivity (Wildman–Crippen MR) is 53.8 cm³/mol. The third-order valence-electron chi connectivity index (χ3n) is 2.31. The van der Waals surface area contributed by atoms with Crippen LogP contribution in [0.4, 0.5) is 0 Å². The Bertz CT molecular complexity index is 307. The number of carboxylic acids is 1. The zero-order valence-electron chi connectivity index (χ0n) is 9.19. The fourth-order valence-corrected chi connectivity index (χ4v) is 1.45. The molecule has 84 valence electrons.